The number of phenolic OH excluding ortho intramolecular Hbond substituents is 1. The van der Waals surface area contributed by atoms with Crippen molar-refractivity contribution in [2.24, 2.45) is 0 Å². The number of hydrogen-bond donors (Lipinski definition) is 1. The van der Waals surface area contributed by atoms with Gasteiger partial charge >= 0.3 is 0 Å². The number of rotatable bonds is 4. The zero-order valence-corrected chi connectivity index (χ0v) is 16.9. The number of aryl methyl sites for hydroxylation is 2. The second kappa shape index (κ2) is 7.96. The molecular formula is C24H30N2O2. The Morgan fingerprint density at radius 2 is 1.64 bits per heavy atom. The highest BCUT2D eigenvalue weighted by atomic mass is 16.3. The summed E-state index contributed by atoms with van der Waals surface area (Å²) in [7, 11) is 0. The molecule has 2 aromatic rings. The summed E-state index contributed by atoms with van der Waals surface area (Å²) in [5.41, 5.74) is 5.11. The van der Waals surface area contributed by atoms with Gasteiger partial charge in [-0.25, -0.2) is 0 Å². The highest BCUT2D eigenvalue weighted by Crippen LogP contribution is 2.31. The van der Waals surface area contributed by atoms with E-state index in [2.05, 4.69) is 36.9 Å². The lowest BCUT2D eigenvalue weighted by atomic mass is 9.89. The molecule has 2 aliphatic rings. The summed E-state index contributed by atoms with van der Waals surface area (Å²) in [6.07, 6.45) is 3.09. The Hall–Kier alpha value is -2.33. The van der Waals surface area contributed by atoms with Crippen LogP contribution >= 0.6 is 0 Å². The number of benzene rings is 2. The van der Waals surface area contributed by atoms with Crippen LogP contribution in [0.15, 0.2) is 42.5 Å². The molecule has 1 amide bonds. The number of nitrogens with zero attached hydrogens (tertiary/aromatic N) is 2. The maximum atomic E-state index is 13.0. The summed E-state index contributed by atoms with van der Waals surface area (Å²) in [5, 5.41) is 9.48. The van der Waals surface area contributed by atoms with E-state index in [0.29, 0.717) is 17.6 Å². The Balaban J connectivity index is 1.34. The van der Waals surface area contributed by atoms with Gasteiger partial charge in [0.25, 0.3) is 0 Å². The van der Waals surface area contributed by atoms with E-state index < -0.39 is 0 Å². The third-order valence-electron chi connectivity index (χ3n) is 6.55. The Morgan fingerprint density at radius 3 is 2.32 bits per heavy atom. The van der Waals surface area contributed by atoms with Gasteiger partial charge in [-0.1, -0.05) is 30.3 Å². The Labute approximate surface area is 167 Å². The molecular weight excluding hydrogens is 348 g/mol. The lowest BCUT2D eigenvalue weighted by molar-refractivity contribution is -0.133. The highest BCUT2D eigenvalue weighted by Gasteiger charge is 2.37. The molecule has 0 aromatic heterocycles. The summed E-state index contributed by atoms with van der Waals surface area (Å²) in [4.78, 5) is 17.4. The quantitative estimate of drug-likeness (QED) is 0.875. The molecule has 0 saturated carbocycles. The third kappa shape index (κ3) is 3.93. The molecule has 1 unspecified atom stereocenters. The van der Waals surface area contributed by atoms with Gasteiger partial charge in [-0.3, -0.25) is 9.69 Å². The molecule has 4 nitrogen and oxygen atoms in total. The summed E-state index contributed by atoms with van der Waals surface area (Å²) in [6, 6.07) is 14.2. The van der Waals surface area contributed by atoms with Crippen LogP contribution in [0.3, 0.4) is 0 Å². The normalized spacial score (nSPS) is 21.4. The van der Waals surface area contributed by atoms with Crippen LogP contribution in [0.5, 0.6) is 5.75 Å². The second-order valence-electron chi connectivity index (χ2n) is 8.38. The van der Waals surface area contributed by atoms with E-state index >= 15 is 0 Å². The zero-order valence-electron chi connectivity index (χ0n) is 16.9. The maximum Gasteiger partial charge on any atom is 0.240 e. The topological polar surface area (TPSA) is 43.8 Å². The van der Waals surface area contributed by atoms with Gasteiger partial charge in [-0.05, 0) is 86.5 Å². The van der Waals surface area contributed by atoms with Crippen LogP contribution in [-0.2, 0) is 11.3 Å². The molecule has 2 heterocycles. The molecule has 0 radical (unpaired) electrons. The average molecular weight is 379 g/mol. The van der Waals surface area contributed by atoms with Crippen molar-refractivity contribution in [2.45, 2.75) is 51.6 Å². The SMILES string of the molecule is Cc1ccc(CN2CCC(N3CCC(c4ccc(O)cc4)CC3)C2=O)cc1C. The van der Waals surface area contributed by atoms with Gasteiger partial charge < -0.3 is 10.0 Å². The summed E-state index contributed by atoms with van der Waals surface area (Å²) >= 11 is 0. The number of amides is 1. The first-order valence-electron chi connectivity index (χ1n) is 10.4. The van der Waals surface area contributed by atoms with Gasteiger partial charge in [-0.2, -0.15) is 0 Å². The minimum Gasteiger partial charge on any atom is -0.508 e. The molecule has 0 bridgehead atoms. The van der Waals surface area contributed by atoms with Crippen LogP contribution in [0.2, 0.25) is 0 Å². The van der Waals surface area contributed by atoms with Crippen LogP contribution in [0.4, 0.5) is 0 Å². The summed E-state index contributed by atoms with van der Waals surface area (Å²) in [5.74, 6) is 1.14. The van der Waals surface area contributed by atoms with E-state index in [1.807, 2.05) is 17.0 Å². The molecule has 2 aromatic carbocycles. The lowest BCUT2D eigenvalue weighted by Crippen LogP contribution is -2.45. The highest BCUT2D eigenvalue weighted by molar-refractivity contribution is 5.84. The molecule has 0 spiro atoms. The van der Waals surface area contributed by atoms with Gasteiger partial charge in [-0.15, -0.1) is 0 Å². The largest absolute Gasteiger partial charge is 0.508 e. The maximum absolute atomic E-state index is 13.0. The second-order valence-corrected chi connectivity index (χ2v) is 8.38. The van der Waals surface area contributed by atoms with Crippen molar-refractivity contribution >= 4 is 5.91 Å². The number of phenols is 1. The number of likely N-dealkylation sites (tertiary alicyclic amines) is 2. The number of hydrogen-bond acceptors (Lipinski definition) is 3. The fourth-order valence-corrected chi connectivity index (χ4v) is 4.63. The van der Waals surface area contributed by atoms with Crippen molar-refractivity contribution in [1.29, 1.82) is 0 Å². The minimum absolute atomic E-state index is 0.0484. The number of carbonyl (C=O) groups is 1. The predicted octanol–water partition coefficient (Wildman–Crippen LogP) is 3.99. The summed E-state index contributed by atoms with van der Waals surface area (Å²) < 4.78 is 0. The first kappa shape index (κ1) is 19.0. The molecule has 148 valence electrons. The lowest BCUT2D eigenvalue weighted by Gasteiger charge is -2.35. The fraction of sp³-hybridized carbons (Fsp3) is 0.458. The van der Waals surface area contributed by atoms with Crippen molar-refractivity contribution in [3.63, 3.8) is 0 Å². The first-order chi connectivity index (χ1) is 13.5. The number of carbonyl (C=O) groups excluding carboxylic acids is 1. The molecule has 2 saturated heterocycles. The van der Waals surface area contributed by atoms with E-state index in [0.717, 1.165) is 45.4 Å². The Bertz CT molecular complexity index is 838. The van der Waals surface area contributed by atoms with Gasteiger partial charge in [0.15, 0.2) is 0 Å². The molecule has 1 atom stereocenters. The van der Waals surface area contributed by atoms with Crippen LogP contribution in [0, 0.1) is 13.8 Å². The van der Waals surface area contributed by atoms with E-state index in [1.165, 1.54) is 22.3 Å². The van der Waals surface area contributed by atoms with Crippen molar-refractivity contribution in [3.8, 4) is 5.75 Å². The zero-order chi connectivity index (χ0) is 19.7. The van der Waals surface area contributed by atoms with Crippen molar-refractivity contribution in [2.75, 3.05) is 19.6 Å². The molecule has 1 N–H and O–H groups in total. The van der Waals surface area contributed by atoms with Crippen LogP contribution in [-0.4, -0.2) is 46.5 Å². The van der Waals surface area contributed by atoms with Gasteiger partial charge in [0.1, 0.15) is 5.75 Å². The smallest absolute Gasteiger partial charge is 0.240 e. The Morgan fingerprint density at radius 1 is 0.929 bits per heavy atom. The number of piperidine rings is 1. The van der Waals surface area contributed by atoms with Gasteiger partial charge in [0.2, 0.25) is 5.91 Å². The van der Waals surface area contributed by atoms with E-state index in [4.69, 9.17) is 0 Å². The van der Waals surface area contributed by atoms with Crippen molar-refractivity contribution in [1.82, 2.24) is 9.80 Å². The Kier molecular flexibility index (Phi) is 5.40. The monoisotopic (exact) mass is 378 g/mol. The molecule has 28 heavy (non-hydrogen) atoms. The van der Waals surface area contributed by atoms with E-state index in [9.17, 15) is 9.90 Å². The van der Waals surface area contributed by atoms with Crippen LogP contribution in [0.1, 0.15) is 47.4 Å². The fourth-order valence-electron chi connectivity index (χ4n) is 4.63. The molecule has 0 aliphatic carbocycles. The van der Waals surface area contributed by atoms with Crippen LogP contribution < -0.4 is 0 Å². The molecule has 2 fully saturated rings. The molecule has 4 rings (SSSR count). The predicted molar refractivity (Wildman–Crippen MR) is 111 cm³/mol. The third-order valence-corrected chi connectivity index (χ3v) is 6.55. The summed E-state index contributed by atoms with van der Waals surface area (Å²) in [6.45, 7) is 7.78. The number of aromatic hydroxyl groups is 1. The first-order valence-corrected chi connectivity index (χ1v) is 10.4. The van der Waals surface area contributed by atoms with Gasteiger partial charge in [0, 0.05) is 13.1 Å². The standard InChI is InChI=1S/C24H30N2O2/c1-17-3-4-19(15-18(17)2)16-26-14-11-23(24(26)28)25-12-9-21(10-13-25)20-5-7-22(27)8-6-20/h3-8,15,21,23,27H,9-14,16H2,1-2H3. The van der Waals surface area contributed by atoms with E-state index in [-0.39, 0.29) is 6.04 Å². The van der Waals surface area contributed by atoms with Crippen molar-refractivity contribution < 1.29 is 9.90 Å². The molecule has 2 aliphatic heterocycles. The molecule has 4 heteroatoms. The van der Waals surface area contributed by atoms with Crippen LogP contribution in [0.25, 0.3) is 0 Å². The van der Waals surface area contributed by atoms with Crippen molar-refractivity contribution in [3.05, 3.63) is 64.7 Å². The van der Waals surface area contributed by atoms with E-state index in [1.54, 1.807) is 12.1 Å². The van der Waals surface area contributed by atoms with Gasteiger partial charge in [0.05, 0.1) is 6.04 Å². The average Bonchev–Trinajstić information content (AvgIpc) is 3.06. The minimum atomic E-state index is 0.0484.